The zero-order valence-corrected chi connectivity index (χ0v) is 11.5. The summed E-state index contributed by atoms with van der Waals surface area (Å²) >= 11 is 0. The molecule has 8 heteroatoms. The molecule has 1 rings (SSSR count). The SMILES string of the molecule is CC(=O)OC1COC(CO)C(OC(C)=O)C1OC(C)=O. The molecule has 1 aliphatic rings. The van der Waals surface area contributed by atoms with Gasteiger partial charge in [0.2, 0.25) is 0 Å². The first-order valence-electron chi connectivity index (χ1n) is 6.09. The summed E-state index contributed by atoms with van der Waals surface area (Å²) in [5.41, 5.74) is 0. The Labute approximate surface area is 115 Å². The Morgan fingerprint density at radius 3 is 1.95 bits per heavy atom. The topological polar surface area (TPSA) is 108 Å². The van der Waals surface area contributed by atoms with Crippen molar-refractivity contribution in [3.63, 3.8) is 0 Å². The van der Waals surface area contributed by atoms with E-state index in [9.17, 15) is 19.5 Å². The molecule has 0 aliphatic carbocycles. The number of aliphatic hydroxyl groups is 1. The van der Waals surface area contributed by atoms with Crippen LogP contribution in [0.4, 0.5) is 0 Å². The lowest BCUT2D eigenvalue weighted by atomic mass is 9.99. The molecular weight excluding hydrogens is 272 g/mol. The molecule has 0 aromatic carbocycles. The van der Waals surface area contributed by atoms with Crippen LogP contribution in [-0.4, -0.2) is 60.6 Å². The van der Waals surface area contributed by atoms with Gasteiger partial charge in [0.25, 0.3) is 0 Å². The third kappa shape index (κ3) is 4.46. The van der Waals surface area contributed by atoms with Crippen LogP contribution < -0.4 is 0 Å². The standard InChI is InChI=1S/C12H18O8/c1-6(14)18-10-5-17-9(4-13)11(19-7(2)15)12(10)20-8(3)16/h9-13H,4-5H2,1-3H3. The lowest BCUT2D eigenvalue weighted by Gasteiger charge is -2.39. The fraction of sp³-hybridized carbons (Fsp3) is 0.750. The lowest BCUT2D eigenvalue weighted by molar-refractivity contribution is -0.229. The summed E-state index contributed by atoms with van der Waals surface area (Å²) in [6.45, 7) is 3.06. The summed E-state index contributed by atoms with van der Waals surface area (Å²) < 4.78 is 20.4. The van der Waals surface area contributed by atoms with Gasteiger partial charge in [-0.3, -0.25) is 14.4 Å². The van der Waals surface area contributed by atoms with Crippen LogP contribution in [0.2, 0.25) is 0 Å². The van der Waals surface area contributed by atoms with Crippen molar-refractivity contribution in [1.82, 2.24) is 0 Å². The summed E-state index contributed by atoms with van der Waals surface area (Å²) in [6.07, 6.45) is -3.82. The van der Waals surface area contributed by atoms with Crippen molar-refractivity contribution in [3.05, 3.63) is 0 Å². The molecule has 4 atom stereocenters. The molecule has 0 saturated carbocycles. The van der Waals surface area contributed by atoms with E-state index in [0.717, 1.165) is 0 Å². The number of rotatable bonds is 4. The second-order valence-corrected chi connectivity index (χ2v) is 4.35. The highest BCUT2D eigenvalue weighted by Gasteiger charge is 2.46. The largest absolute Gasteiger partial charge is 0.456 e. The van der Waals surface area contributed by atoms with Crippen LogP contribution in [0.1, 0.15) is 20.8 Å². The normalized spacial score (nSPS) is 29.4. The molecule has 4 unspecified atom stereocenters. The van der Waals surface area contributed by atoms with Gasteiger partial charge in [-0.1, -0.05) is 0 Å². The summed E-state index contributed by atoms with van der Waals surface area (Å²) in [5, 5.41) is 9.23. The van der Waals surface area contributed by atoms with Gasteiger partial charge in [-0.25, -0.2) is 0 Å². The first kappa shape index (κ1) is 16.4. The van der Waals surface area contributed by atoms with E-state index in [4.69, 9.17) is 18.9 Å². The molecule has 0 amide bonds. The number of ether oxygens (including phenoxy) is 4. The van der Waals surface area contributed by atoms with Crippen molar-refractivity contribution in [2.75, 3.05) is 13.2 Å². The molecule has 0 aromatic rings. The van der Waals surface area contributed by atoms with E-state index in [2.05, 4.69) is 0 Å². The number of esters is 3. The molecule has 1 saturated heterocycles. The predicted molar refractivity (Wildman–Crippen MR) is 63.5 cm³/mol. The van der Waals surface area contributed by atoms with Gasteiger partial charge in [-0.15, -0.1) is 0 Å². The minimum atomic E-state index is -1.04. The average molecular weight is 290 g/mol. The van der Waals surface area contributed by atoms with E-state index in [1.54, 1.807) is 0 Å². The number of hydrogen-bond donors (Lipinski definition) is 1. The van der Waals surface area contributed by atoms with Crippen LogP contribution >= 0.6 is 0 Å². The molecule has 0 radical (unpaired) electrons. The Bertz CT molecular complexity index is 380. The minimum absolute atomic E-state index is 0.0689. The van der Waals surface area contributed by atoms with Crippen molar-refractivity contribution in [2.45, 2.75) is 45.2 Å². The molecule has 0 aromatic heterocycles. The van der Waals surface area contributed by atoms with Gasteiger partial charge in [-0.05, 0) is 0 Å². The van der Waals surface area contributed by atoms with E-state index in [1.165, 1.54) is 20.8 Å². The van der Waals surface area contributed by atoms with E-state index in [0.29, 0.717) is 0 Å². The number of hydrogen-bond acceptors (Lipinski definition) is 8. The van der Waals surface area contributed by atoms with Gasteiger partial charge in [0.15, 0.2) is 18.3 Å². The van der Waals surface area contributed by atoms with Crippen LogP contribution in [0.3, 0.4) is 0 Å². The number of aliphatic hydroxyl groups excluding tert-OH is 1. The first-order valence-corrected chi connectivity index (χ1v) is 6.09. The van der Waals surface area contributed by atoms with Crippen molar-refractivity contribution in [1.29, 1.82) is 0 Å². The Kier molecular flexibility index (Phi) is 5.90. The Hall–Kier alpha value is -1.67. The third-order valence-electron chi connectivity index (χ3n) is 2.63. The smallest absolute Gasteiger partial charge is 0.303 e. The maximum atomic E-state index is 11.2. The van der Waals surface area contributed by atoms with Gasteiger partial charge < -0.3 is 24.1 Å². The van der Waals surface area contributed by atoms with Crippen LogP contribution in [-0.2, 0) is 33.3 Å². The molecule has 0 spiro atoms. The molecule has 0 bridgehead atoms. The van der Waals surface area contributed by atoms with Crippen LogP contribution in [0.25, 0.3) is 0 Å². The molecule has 1 N–H and O–H groups in total. The minimum Gasteiger partial charge on any atom is -0.456 e. The highest BCUT2D eigenvalue weighted by molar-refractivity contribution is 5.68. The maximum Gasteiger partial charge on any atom is 0.303 e. The van der Waals surface area contributed by atoms with Crippen LogP contribution in [0.15, 0.2) is 0 Å². The van der Waals surface area contributed by atoms with Gasteiger partial charge in [0, 0.05) is 20.8 Å². The number of carbonyl (C=O) groups is 3. The molecular formula is C12H18O8. The van der Waals surface area contributed by atoms with Crippen LogP contribution in [0.5, 0.6) is 0 Å². The highest BCUT2D eigenvalue weighted by Crippen LogP contribution is 2.24. The monoisotopic (exact) mass is 290 g/mol. The van der Waals surface area contributed by atoms with Gasteiger partial charge in [0.1, 0.15) is 6.10 Å². The second-order valence-electron chi connectivity index (χ2n) is 4.35. The zero-order chi connectivity index (χ0) is 15.3. The van der Waals surface area contributed by atoms with E-state index >= 15 is 0 Å². The van der Waals surface area contributed by atoms with Gasteiger partial charge in [-0.2, -0.15) is 0 Å². The number of carbonyl (C=O) groups excluding carboxylic acids is 3. The third-order valence-corrected chi connectivity index (χ3v) is 2.63. The van der Waals surface area contributed by atoms with Crippen molar-refractivity contribution < 1.29 is 38.4 Å². The fourth-order valence-electron chi connectivity index (χ4n) is 1.97. The predicted octanol–water partition coefficient (Wildman–Crippen LogP) is -0.827. The summed E-state index contributed by atoms with van der Waals surface area (Å²) in [7, 11) is 0. The van der Waals surface area contributed by atoms with Crippen molar-refractivity contribution >= 4 is 17.9 Å². The van der Waals surface area contributed by atoms with E-state index < -0.39 is 48.9 Å². The Morgan fingerprint density at radius 2 is 1.50 bits per heavy atom. The molecule has 1 heterocycles. The van der Waals surface area contributed by atoms with E-state index in [1.807, 2.05) is 0 Å². The molecule has 114 valence electrons. The molecule has 1 fully saturated rings. The molecule has 1 aliphatic heterocycles. The maximum absolute atomic E-state index is 11.2. The quantitative estimate of drug-likeness (QED) is 0.528. The summed E-state index contributed by atoms with van der Waals surface area (Å²) in [5.74, 6) is -1.83. The van der Waals surface area contributed by atoms with Crippen molar-refractivity contribution in [2.24, 2.45) is 0 Å². The zero-order valence-electron chi connectivity index (χ0n) is 11.5. The van der Waals surface area contributed by atoms with Crippen LogP contribution in [0, 0.1) is 0 Å². The first-order chi connectivity index (χ1) is 9.35. The second kappa shape index (κ2) is 7.20. The van der Waals surface area contributed by atoms with E-state index in [-0.39, 0.29) is 6.61 Å². The van der Waals surface area contributed by atoms with Crippen molar-refractivity contribution in [3.8, 4) is 0 Å². The Morgan fingerprint density at radius 1 is 1.00 bits per heavy atom. The molecule has 20 heavy (non-hydrogen) atoms. The fourth-order valence-corrected chi connectivity index (χ4v) is 1.97. The van der Waals surface area contributed by atoms with Gasteiger partial charge >= 0.3 is 17.9 Å². The van der Waals surface area contributed by atoms with Gasteiger partial charge in [0.05, 0.1) is 13.2 Å². The summed E-state index contributed by atoms with van der Waals surface area (Å²) in [6, 6.07) is 0. The summed E-state index contributed by atoms with van der Waals surface area (Å²) in [4.78, 5) is 33.3. The highest BCUT2D eigenvalue weighted by atomic mass is 16.6. The molecule has 8 nitrogen and oxygen atoms in total. The average Bonchev–Trinajstić information content (AvgIpc) is 2.31. The lowest BCUT2D eigenvalue weighted by Crippen LogP contribution is -2.58. The Balaban J connectivity index is 2.95.